The van der Waals surface area contributed by atoms with Crippen molar-refractivity contribution in [1.29, 1.82) is 0 Å². The van der Waals surface area contributed by atoms with Gasteiger partial charge in [-0.3, -0.25) is 9.59 Å². The van der Waals surface area contributed by atoms with Crippen LogP contribution in [0.2, 0.25) is 0 Å². The number of amides is 2. The zero-order valence-electron chi connectivity index (χ0n) is 21.2. The van der Waals surface area contributed by atoms with E-state index in [4.69, 9.17) is 0 Å². The molecule has 2 aliphatic rings. The summed E-state index contributed by atoms with van der Waals surface area (Å²) in [7, 11) is -3.68. The molecule has 0 aliphatic carbocycles. The summed E-state index contributed by atoms with van der Waals surface area (Å²) in [6.45, 7) is 11.2. The largest absolute Gasteiger partial charge is 0.368 e. The summed E-state index contributed by atoms with van der Waals surface area (Å²) in [5, 5.41) is 2.90. The summed E-state index contributed by atoms with van der Waals surface area (Å²) >= 11 is 0. The van der Waals surface area contributed by atoms with E-state index in [1.807, 2.05) is 0 Å². The third kappa shape index (κ3) is 5.08. The van der Waals surface area contributed by atoms with Crippen LogP contribution < -0.4 is 10.2 Å². The van der Waals surface area contributed by atoms with Crippen molar-refractivity contribution >= 4 is 27.3 Å². The first kappa shape index (κ1) is 25.2. The van der Waals surface area contributed by atoms with E-state index in [2.05, 4.69) is 56.1 Å². The highest BCUT2D eigenvalue weighted by atomic mass is 32.2. The van der Waals surface area contributed by atoms with Crippen LogP contribution in [0.15, 0.2) is 41.3 Å². The molecule has 2 amide bonds. The van der Waals surface area contributed by atoms with E-state index in [0.717, 1.165) is 6.26 Å². The van der Waals surface area contributed by atoms with Crippen molar-refractivity contribution in [2.24, 2.45) is 11.8 Å². The van der Waals surface area contributed by atoms with Gasteiger partial charge in [0, 0.05) is 44.7 Å². The molecule has 1 N–H and O–H groups in total. The molecule has 0 aromatic heterocycles. The third-order valence-electron chi connectivity index (χ3n) is 7.33. The molecule has 0 bridgehead atoms. The summed E-state index contributed by atoms with van der Waals surface area (Å²) in [4.78, 5) is 30.0. The quantitative estimate of drug-likeness (QED) is 0.686. The minimum absolute atomic E-state index is 0.000912. The first-order chi connectivity index (χ1) is 16.5. The number of rotatable bonds is 5. The molecule has 2 atom stereocenters. The Morgan fingerprint density at radius 1 is 1.03 bits per heavy atom. The molecule has 2 aliphatic heterocycles. The average Bonchev–Trinajstić information content (AvgIpc) is 3.19. The number of carbonyl (C=O) groups excluding carboxylic acids is 2. The minimum atomic E-state index is -3.68. The van der Waals surface area contributed by atoms with Crippen LogP contribution in [0.5, 0.6) is 0 Å². The van der Waals surface area contributed by atoms with Gasteiger partial charge in [-0.1, -0.05) is 37.6 Å². The lowest BCUT2D eigenvalue weighted by molar-refractivity contribution is -0.120. The van der Waals surface area contributed by atoms with Crippen LogP contribution in [0.4, 0.5) is 5.69 Å². The topological polar surface area (TPSA) is 86.8 Å². The van der Waals surface area contributed by atoms with Crippen LogP contribution >= 0.6 is 0 Å². The van der Waals surface area contributed by atoms with Crippen molar-refractivity contribution in [2.45, 2.75) is 38.5 Å². The minimum Gasteiger partial charge on any atom is -0.368 e. The lowest BCUT2D eigenvalue weighted by Crippen LogP contribution is -2.49. The Morgan fingerprint density at radius 2 is 1.71 bits per heavy atom. The van der Waals surface area contributed by atoms with Crippen LogP contribution in [0.3, 0.4) is 0 Å². The molecule has 35 heavy (non-hydrogen) atoms. The van der Waals surface area contributed by atoms with Crippen LogP contribution in [0, 0.1) is 25.7 Å². The smallest absolute Gasteiger partial charge is 0.255 e. The molecule has 0 saturated carbocycles. The molecule has 188 valence electrons. The van der Waals surface area contributed by atoms with Crippen LogP contribution in [-0.4, -0.2) is 64.1 Å². The van der Waals surface area contributed by atoms with Crippen molar-refractivity contribution in [2.75, 3.05) is 43.9 Å². The van der Waals surface area contributed by atoms with Gasteiger partial charge in [-0.05, 0) is 55.0 Å². The highest BCUT2D eigenvalue weighted by Crippen LogP contribution is 2.36. The lowest BCUT2D eigenvalue weighted by atomic mass is 9.81. The van der Waals surface area contributed by atoms with E-state index in [9.17, 15) is 18.0 Å². The maximum atomic E-state index is 13.5. The third-order valence-corrected chi connectivity index (χ3v) is 8.47. The van der Waals surface area contributed by atoms with Crippen LogP contribution in [0.25, 0.3) is 0 Å². The predicted octanol–water partition coefficient (Wildman–Crippen LogP) is 3.15. The summed E-state index contributed by atoms with van der Waals surface area (Å²) < 4.78 is 25.5. The Labute approximate surface area is 208 Å². The Bertz CT molecular complexity index is 1250. The molecule has 1 unspecified atom stereocenters. The van der Waals surface area contributed by atoms with E-state index < -0.39 is 15.8 Å². The molecule has 2 heterocycles. The number of nitrogens with one attached hydrogen (secondary N) is 1. The van der Waals surface area contributed by atoms with Gasteiger partial charge >= 0.3 is 0 Å². The number of aryl methyl sites for hydroxylation is 2. The summed E-state index contributed by atoms with van der Waals surface area (Å²) in [5.41, 5.74) is 4.41. The van der Waals surface area contributed by atoms with Gasteiger partial charge in [-0.15, -0.1) is 0 Å². The van der Waals surface area contributed by atoms with Crippen molar-refractivity contribution in [3.63, 3.8) is 0 Å². The second-order valence-electron chi connectivity index (χ2n) is 10.2. The SMILES string of the molecule is Cc1ccc(N2CCN(C(=O)c3ccc([C@@H]4C(=O)NCC4C(C)C)cc3S(C)(=O)=O)CC2)c(C)c1. The van der Waals surface area contributed by atoms with Gasteiger partial charge in [0.15, 0.2) is 9.84 Å². The van der Waals surface area contributed by atoms with Gasteiger partial charge in [0.1, 0.15) is 0 Å². The second-order valence-corrected chi connectivity index (χ2v) is 12.2. The Morgan fingerprint density at radius 3 is 2.31 bits per heavy atom. The number of piperazine rings is 1. The van der Waals surface area contributed by atoms with E-state index in [1.165, 1.54) is 16.8 Å². The number of anilines is 1. The van der Waals surface area contributed by atoms with Gasteiger partial charge in [0.25, 0.3) is 5.91 Å². The van der Waals surface area contributed by atoms with Gasteiger partial charge in [0.05, 0.1) is 16.4 Å². The molecule has 2 saturated heterocycles. The fourth-order valence-corrected chi connectivity index (χ4v) is 6.26. The molecule has 4 rings (SSSR count). The maximum Gasteiger partial charge on any atom is 0.255 e. The van der Waals surface area contributed by atoms with Gasteiger partial charge in [-0.2, -0.15) is 0 Å². The summed E-state index contributed by atoms with van der Waals surface area (Å²) in [6.07, 6.45) is 1.12. The first-order valence-electron chi connectivity index (χ1n) is 12.2. The standard InChI is InChI=1S/C27H35N3O4S/c1-17(2)22-16-28-26(31)25(22)20-7-8-21(24(15-20)35(5,33)34)27(32)30-12-10-29(11-13-30)23-9-6-18(3)14-19(23)4/h6-9,14-15,17,22,25H,10-13,16H2,1-5H3,(H,28,31)/t22?,25-/m0/s1. The zero-order chi connectivity index (χ0) is 25.5. The maximum absolute atomic E-state index is 13.5. The van der Waals surface area contributed by atoms with Gasteiger partial charge < -0.3 is 15.1 Å². The molecule has 7 nitrogen and oxygen atoms in total. The molecule has 2 aromatic rings. The Balaban J connectivity index is 1.58. The highest BCUT2D eigenvalue weighted by molar-refractivity contribution is 7.90. The Kier molecular flexibility index (Phi) is 6.95. The van der Waals surface area contributed by atoms with Crippen molar-refractivity contribution < 1.29 is 18.0 Å². The second kappa shape index (κ2) is 9.64. The summed E-state index contributed by atoms with van der Waals surface area (Å²) in [5.74, 6) is -0.454. The number of sulfone groups is 1. The molecule has 0 radical (unpaired) electrons. The zero-order valence-corrected chi connectivity index (χ0v) is 22.0. The number of hydrogen-bond donors (Lipinski definition) is 1. The molecule has 0 spiro atoms. The van der Waals surface area contributed by atoms with Crippen LogP contribution in [0.1, 0.15) is 46.8 Å². The van der Waals surface area contributed by atoms with Crippen molar-refractivity contribution in [3.05, 3.63) is 58.7 Å². The number of carbonyl (C=O) groups is 2. The van der Waals surface area contributed by atoms with Crippen molar-refractivity contribution in [1.82, 2.24) is 10.2 Å². The monoisotopic (exact) mass is 497 g/mol. The normalized spacial score (nSPS) is 20.9. The summed E-state index contributed by atoms with van der Waals surface area (Å²) in [6, 6.07) is 11.2. The van der Waals surface area contributed by atoms with E-state index in [-0.39, 0.29) is 34.1 Å². The lowest BCUT2D eigenvalue weighted by Gasteiger charge is -2.37. The fourth-order valence-electron chi connectivity index (χ4n) is 5.36. The van der Waals surface area contributed by atoms with E-state index in [1.54, 1.807) is 23.1 Å². The van der Waals surface area contributed by atoms with E-state index in [0.29, 0.717) is 38.3 Å². The van der Waals surface area contributed by atoms with E-state index >= 15 is 0 Å². The first-order valence-corrected chi connectivity index (χ1v) is 14.1. The molecule has 8 heteroatoms. The fraction of sp³-hybridized carbons (Fsp3) is 0.481. The average molecular weight is 498 g/mol. The highest BCUT2D eigenvalue weighted by Gasteiger charge is 2.38. The molecule has 2 aromatic carbocycles. The number of nitrogens with zero attached hydrogens (tertiary/aromatic N) is 2. The molecule has 2 fully saturated rings. The van der Waals surface area contributed by atoms with Gasteiger partial charge in [-0.25, -0.2) is 8.42 Å². The molecular formula is C27H35N3O4S. The predicted molar refractivity (Wildman–Crippen MR) is 138 cm³/mol. The molecular weight excluding hydrogens is 462 g/mol. The Hall–Kier alpha value is -2.87. The number of hydrogen-bond acceptors (Lipinski definition) is 5. The van der Waals surface area contributed by atoms with Crippen LogP contribution in [-0.2, 0) is 14.6 Å². The van der Waals surface area contributed by atoms with Crippen molar-refractivity contribution in [3.8, 4) is 0 Å². The number of benzene rings is 2. The van der Waals surface area contributed by atoms with Gasteiger partial charge in [0.2, 0.25) is 5.91 Å².